The minimum Gasteiger partial charge on any atom is -0.375 e. The van der Waals surface area contributed by atoms with Gasteiger partial charge < -0.3 is 5.32 Å². The quantitative estimate of drug-likeness (QED) is 0.803. The average Bonchev–Trinajstić information content (AvgIpc) is 2.68. The molecule has 1 aliphatic heterocycles. The molecule has 1 aromatic rings. The normalized spacial score (nSPS) is 20.9. The summed E-state index contributed by atoms with van der Waals surface area (Å²) < 4.78 is 23.8. The number of terminal acetylenes is 1. The van der Waals surface area contributed by atoms with Crippen LogP contribution in [0.1, 0.15) is 6.42 Å². The molecule has 2 rings (SSSR count). The molecule has 0 spiro atoms. The molecule has 8 heteroatoms. The maximum absolute atomic E-state index is 12.0. The van der Waals surface area contributed by atoms with Crippen molar-refractivity contribution in [3.05, 3.63) is 21.6 Å². The molecule has 1 N–H and O–H groups in total. The fourth-order valence-electron chi connectivity index (χ4n) is 1.91. The van der Waals surface area contributed by atoms with Gasteiger partial charge in [-0.3, -0.25) is 4.79 Å². The van der Waals surface area contributed by atoms with Gasteiger partial charge in [0.2, 0.25) is 0 Å². The van der Waals surface area contributed by atoms with Crippen LogP contribution in [0, 0.1) is 12.3 Å². The first-order chi connectivity index (χ1) is 8.93. The molecule has 0 radical (unpaired) electrons. The summed E-state index contributed by atoms with van der Waals surface area (Å²) in [4.78, 5) is 12.0. The van der Waals surface area contributed by atoms with Crippen molar-refractivity contribution < 1.29 is 8.42 Å². The van der Waals surface area contributed by atoms with Crippen LogP contribution in [-0.2, 0) is 16.4 Å². The van der Waals surface area contributed by atoms with E-state index < -0.39 is 15.4 Å². The summed E-state index contributed by atoms with van der Waals surface area (Å²) in [5, 5.41) is 6.84. The van der Waals surface area contributed by atoms with Gasteiger partial charge in [-0.2, -0.15) is 5.10 Å². The molecule has 0 saturated carbocycles. The van der Waals surface area contributed by atoms with Gasteiger partial charge in [-0.15, -0.1) is 6.42 Å². The number of rotatable bonds is 3. The van der Waals surface area contributed by atoms with Crippen LogP contribution >= 0.6 is 11.6 Å². The van der Waals surface area contributed by atoms with Crippen molar-refractivity contribution in [1.82, 2.24) is 9.78 Å². The molecule has 0 aliphatic carbocycles. The summed E-state index contributed by atoms with van der Waals surface area (Å²) in [5.41, 5.74) is -0.302. The molecule has 1 fully saturated rings. The van der Waals surface area contributed by atoms with Crippen molar-refractivity contribution >= 4 is 27.1 Å². The second-order valence-corrected chi connectivity index (χ2v) is 6.91. The number of aromatic nitrogens is 2. The Labute approximate surface area is 115 Å². The summed E-state index contributed by atoms with van der Waals surface area (Å²) in [6, 6.07) is -0.308. The molecule has 1 aromatic heterocycles. The Morgan fingerprint density at radius 1 is 1.63 bits per heavy atom. The molecule has 6 nitrogen and oxygen atoms in total. The van der Waals surface area contributed by atoms with E-state index in [9.17, 15) is 13.2 Å². The summed E-state index contributed by atoms with van der Waals surface area (Å²) >= 11 is 5.91. The highest BCUT2D eigenvalue weighted by molar-refractivity contribution is 7.91. The minimum atomic E-state index is -3.02. The van der Waals surface area contributed by atoms with Crippen molar-refractivity contribution in [2.75, 3.05) is 16.8 Å². The Morgan fingerprint density at radius 3 is 2.95 bits per heavy atom. The Kier molecular flexibility index (Phi) is 3.83. The highest BCUT2D eigenvalue weighted by atomic mass is 35.5. The van der Waals surface area contributed by atoms with Crippen LogP contribution in [0.3, 0.4) is 0 Å². The zero-order chi connectivity index (χ0) is 14.0. The number of nitrogens with zero attached hydrogens (tertiary/aromatic N) is 2. The zero-order valence-corrected chi connectivity index (χ0v) is 11.5. The van der Waals surface area contributed by atoms with Crippen molar-refractivity contribution in [2.24, 2.45) is 0 Å². The monoisotopic (exact) mass is 301 g/mol. The van der Waals surface area contributed by atoms with Gasteiger partial charge in [-0.05, 0) is 6.42 Å². The number of nitrogens with one attached hydrogen (secondary N) is 1. The van der Waals surface area contributed by atoms with E-state index >= 15 is 0 Å². The van der Waals surface area contributed by atoms with E-state index in [1.807, 2.05) is 0 Å². The van der Waals surface area contributed by atoms with Crippen LogP contribution in [0.5, 0.6) is 0 Å². The standard InChI is InChI=1S/C11H12ClN3O3S/c1-2-4-15-11(16)10(9(12)6-13-15)14-8-3-5-19(17,18)7-8/h1,6,8,14H,3-5,7H2. The predicted molar refractivity (Wildman–Crippen MR) is 73.0 cm³/mol. The van der Waals surface area contributed by atoms with E-state index in [2.05, 4.69) is 16.3 Å². The first-order valence-corrected chi connectivity index (χ1v) is 7.79. The van der Waals surface area contributed by atoms with Gasteiger partial charge in [-0.25, -0.2) is 13.1 Å². The van der Waals surface area contributed by atoms with Gasteiger partial charge in [0.1, 0.15) is 12.2 Å². The number of sulfone groups is 1. The van der Waals surface area contributed by atoms with Gasteiger partial charge in [0, 0.05) is 6.04 Å². The van der Waals surface area contributed by atoms with Crippen LogP contribution in [-0.4, -0.2) is 35.7 Å². The van der Waals surface area contributed by atoms with Crippen LogP contribution in [0.15, 0.2) is 11.0 Å². The van der Waals surface area contributed by atoms with Crippen molar-refractivity contribution in [3.8, 4) is 12.3 Å². The molecule has 1 aliphatic rings. The van der Waals surface area contributed by atoms with Gasteiger partial charge in [0.25, 0.3) is 5.56 Å². The smallest absolute Gasteiger partial charge is 0.292 e. The average molecular weight is 302 g/mol. The first kappa shape index (κ1) is 13.9. The molecular formula is C11H12ClN3O3S. The second-order valence-electron chi connectivity index (χ2n) is 4.28. The predicted octanol–water partition coefficient (Wildman–Crippen LogP) is 0.129. The van der Waals surface area contributed by atoms with E-state index in [0.29, 0.717) is 6.42 Å². The van der Waals surface area contributed by atoms with Crippen molar-refractivity contribution in [3.63, 3.8) is 0 Å². The third-order valence-electron chi connectivity index (χ3n) is 2.82. The largest absolute Gasteiger partial charge is 0.375 e. The van der Waals surface area contributed by atoms with E-state index in [1.54, 1.807) is 0 Å². The SMILES string of the molecule is C#CCn1ncc(Cl)c(NC2CCS(=O)(=O)C2)c1=O. The molecule has 0 aromatic carbocycles. The fourth-order valence-corrected chi connectivity index (χ4v) is 3.76. The lowest BCUT2D eigenvalue weighted by atomic mass is 10.2. The van der Waals surface area contributed by atoms with Gasteiger partial charge in [0.05, 0.1) is 22.7 Å². The lowest BCUT2D eigenvalue weighted by molar-refractivity contribution is 0.602. The van der Waals surface area contributed by atoms with E-state index in [0.717, 1.165) is 4.68 Å². The second kappa shape index (κ2) is 5.23. The number of hydrogen-bond acceptors (Lipinski definition) is 5. The molecule has 2 heterocycles. The van der Waals surface area contributed by atoms with Crippen molar-refractivity contribution in [2.45, 2.75) is 19.0 Å². The fraction of sp³-hybridized carbons (Fsp3) is 0.455. The van der Waals surface area contributed by atoms with E-state index in [4.69, 9.17) is 18.0 Å². The third kappa shape index (κ3) is 3.08. The lowest BCUT2D eigenvalue weighted by Crippen LogP contribution is -2.30. The highest BCUT2D eigenvalue weighted by Gasteiger charge is 2.28. The Hall–Kier alpha value is -1.52. The molecule has 1 saturated heterocycles. The molecule has 1 atom stereocenters. The van der Waals surface area contributed by atoms with Crippen LogP contribution < -0.4 is 10.9 Å². The molecular weight excluding hydrogens is 290 g/mol. The Bertz CT molecular complexity index is 690. The number of halogens is 1. The van der Waals surface area contributed by atoms with Gasteiger partial charge >= 0.3 is 0 Å². The van der Waals surface area contributed by atoms with E-state index in [1.165, 1.54) is 6.20 Å². The molecule has 19 heavy (non-hydrogen) atoms. The van der Waals surface area contributed by atoms with Crippen molar-refractivity contribution in [1.29, 1.82) is 0 Å². The molecule has 102 valence electrons. The summed E-state index contributed by atoms with van der Waals surface area (Å²) in [7, 11) is -3.02. The number of anilines is 1. The third-order valence-corrected chi connectivity index (χ3v) is 4.87. The zero-order valence-electron chi connectivity index (χ0n) is 9.97. The maximum atomic E-state index is 12.0. The molecule has 1 unspecified atom stereocenters. The van der Waals surface area contributed by atoms with Crippen LogP contribution in [0.2, 0.25) is 5.02 Å². The first-order valence-electron chi connectivity index (χ1n) is 5.59. The van der Waals surface area contributed by atoms with Gasteiger partial charge in [0.15, 0.2) is 9.84 Å². The summed E-state index contributed by atoms with van der Waals surface area (Å²) in [6.45, 7) is 0.0354. The molecule has 0 bridgehead atoms. The van der Waals surface area contributed by atoms with Crippen LogP contribution in [0.4, 0.5) is 5.69 Å². The van der Waals surface area contributed by atoms with Gasteiger partial charge in [-0.1, -0.05) is 17.5 Å². The topological polar surface area (TPSA) is 81.1 Å². The Morgan fingerprint density at radius 2 is 2.37 bits per heavy atom. The summed E-state index contributed by atoms with van der Waals surface area (Å²) in [6.07, 6.45) is 6.90. The maximum Gasteiger partial charge on any atom is 0.292 e. The lowest BCUT2D eigenvalue weighted by Gasteiger charge is -2.13. The number of hydrogen-bond donors (Lipinski definition) is 1. The highest BCUT2D eigenvalue weighted by Crippen LogP contribution is 2.20. The minimum absolute atomic E-state index is 0.000229. The Balaban J connectivity index is 2.28. The summed E-state index contributed by atoms with van der Waals surface area (Å²) in [5.74, 6) is 2.43. The van der Waals surface area contributed by atoms with Crippen LogP contribution in [0.25, 0.3) is 0 Å². The van der Waals surface area contributed by atoms with E-state index in [-0.39, 0.29) is 34.8 Å². The molecule has 0 amide bonds.